The topological polar surface area (TPSA) is 117 Å². The van der Waals surface area contributed by atoms with Crippen LogP contribution in [0.3, 0.4) is 0 Å². The lowest BCUT2D eigenvalue weighted by Crippen LogP contribution is -2.54. The van der Waals surface area contributed by atoms with Crippen LogP contribution in [0.1, 0.15) is 70.2 Å². The Morgan fingerprint density at radius 1 is 1.05 bits per heavy atom. The lowest BCUT2D eigenvalue weighted by atomic mass is 9.99. The van der Waals surface area contributed by atoms with E-state index < -0.39 is 29.8 Å². The van der Waals surface area contributed by atoms with E-state index in [0.29, 0.717) is 37.0 Å². The predicted octanol–water partition coefficient (Wildman–Crippen LogP) is 2.50. The van der Waals surface area contributed by atoms with Gasteiger partial charge in [-0.05, 0) is 55.6 Å². The third kappa shape index (κ3) is 8.47. The van der Waals surface area contributed by atoms with E-state index in [1.54, 1.807) is 36.2 Å². The van der Waals surface area contributed by atoms with Gasteiger partial charge in [-0.2, -0.15) is 0 Å². The van der Waals surface area contributed by atoms with Gasteiger partial charge in [-0.3, -0.25) is 19.2 Å². The normalized spacial score (nSPS) is 23.6. The van der Waals surface area contributed by atoms with Crippen LogP contribution in [0.15, 0.2) is 24.3 Å². The van der Waals surface area contributed by atoms with Crippen LogP contribution in [-0.4, -0.2) is 66.9 Å². The van der Waals surface area contributed by atoms with Gasteiger partial charge >= 0.3 is 0 Å². The maximum absolute atomic E-state index is 13.6. The zero-order chi connectivity index (χ0) is 27.1. The molecule has 0 spiro atoms. The predicted molar refractivity (Wildman–Crippen MR) is 141 cm³/mol. The van der Waals surface area contributed by atoms with E-state index in [9.17, 15) is 19.2 Å². The summed E-state index contributed by atoms with van der Waals surface area (Å²) < 4.78 is 6.11. The van der Waals surface area contributed by atoms with Crippen molar-refractivity contribution in [3.05, 3.63) is 29.8 Å². The van der Waals surface area contributed by atoms with E-state index in [-0.39, 0.29) is 36.5 Å². The summed E-state index contributed by atoms with van der Waals surface area (Å²) in [4.78, 5) is 54.6. The standard InChI is InChI=1S/C28H42N4O5/c1-17(2)12-20-16-37-24-9-7-6-8-21(24)26(34)31-22(27(35)29-15-19-10-11-19)14-25(33)30-23(13-18(3)4)28(36)32(20)5/h6-9,17-20,22-23H,10-16H2,1-5H3,(H,29,35)(H,30,33)(H,31,34)/t20-,22-,23+/m0/s1. The molecule has 0 aromatic heterocycles. The molecule has 1 aromatic carbocycles. The number of carbonyl (C=O) groups excluding carboxylic acids is 4. The van der Waals surface area contributed by atoms with Crippen LogP contribution in [0.25, 0.3) is 0 Å². The third-order valence-corrected chi connectivity index (χ3v) is 6.82. The van der Waals surface area contributed by atoms with Crippen LogP contribution < -0.4 is 20.7 Å². The maximum atomic E-state index is 13.6. The van der Waals surface area contributed by atoms with Crippen molar-refractivity contribution in [2.75, 3.05) is 20.2 Å². The Balaban J connectivity index is 1.94. The van der Waals surface area contributed by atoms with Crippen LogP contribution in [0.2, 0.25) is 0 Å². The van der Waals surface area contributed by atoms with Gasteiger partial charge in [-0.15, -0.1) is 0 Å². The molecule has 1 aliphatic carbocycles. The first-order chi connectivity index (χ1) is 17.5. The lowest BCUT2D eigenvalue weighted by Gasteiger charge is -2.33. The smallest absolute Gasteiger partial charge is 0.255 e. The number of benzene rings is 1. The van der Waals surface area contributed by atoms with Crippen molar-refractivity contribution >= 4 is 23.6 Å². The molecule has 3 atom stereocenters. The van der Waals surface area contributed by atoms with E-state index in [4.69, 9.17) is 4.74 Å². The maximum Gasteiger partial charge on any atom is 0.255 e. The number of hydrogen-bond donors (Lipinski definition) is 3. The van der Waals surface area contributed by atoms with Gasteiger partial charge in [0.25, 0.3) is 5.91 Å². The SMILES string of the molecule is CC(C)C[C@H]1COc2ccccc2C(=O)N[C@H](C(=O)NCC2CC2)CC(=O)N[C@H](CC(C)C)C(=O)N1C. The van der Waals surface area contributed by atoms with Crippen molar-refractivity contribution in [2.24, 2.45) is 17.8 Å². The monoisotopic (exact) mass is 514 g/mol. The van der Waals surface area contributed by atoms with Crippen molar-refractivity contribution in [1.29, 1.82) is 0 Å². The molecule has 4 amide bonds. The summed E-state index contributed by atoms with van der Waals surface area (Å²) in [5.41, 5.74) is 0.273. The molecule has 1 saturated carbocycles. The molecule has 9 nitrogen and oxygen atoms in total. The van der Waals surface area contributed by atoms with Crippen molar-refractivity contribution in [2.45, 2.75) is 77.9 Å². The number of amides is 4. The van der Waals surface area contributed by atoms with Crippen LogP contribution >= 0.6 is 0 Å². The van der Waals surface area contributed by atoms with Gasteiger partial charge in [-0.25, -0.2) is 0 Å². The molecule has 3 rings (SSSR count). The average molecular weight is 515 g/mol. The molecule has 1 aromatic rings. The summed E-state index contributed by atoms with van der Waals surface area (Å²) >= 11 is 0. The highest BCUT2D eigenvalue weighted by molar-refractivity contribution is 6.01. The van der Waals surface area contributed by atoms with Gasteiger partial charge in [-0.1, -0.05) is 39.8 Å². The van der Waals surface area contributed by atoms with Crippen molar-refractivity contribution in [1.82, 2.24) is 20.9 Å². The molecule has 1 heterocycles. The molecular formula is C28H42N4O5. The molecule has 0 unspecified atom stereocenters. The second-order valence-electron chi connectivity index (χ2n) is 11.2. The summed E-state index contributed by atoms with van der Waals surface area (Å²) in [6.45, 7) is 8.84. The van der Waals surface area contributed by atoms with Gasteiger partial charge in [0.15, 0.2) is 0 Å². The minimum absolute atomic E-state index is 0.158. The van der Waals surface area contributed by atoms with Gasteiger partial charge < -0.3 is 25.6 Å². The fourth-order valence-electron chi connectivity index (χ4n) is 4.54. The zero-order valence-corrected chi connectivity index (χ0v) is 22.7. The van der Waals surface area contributed by atoms with Gasteiger partial charge in [0, 0.05) is 13.6 Å². The van der Waals surface area contributed by atoms with E-state index >= 15 is 0 Å². The largest absolute Gasteiger partial charge is 0.491 e. The average Bonchev–Trinajstić information content (AvgIpc) is 3.67. The third-order valence-electron chi connectivity index (χ3n) is 6.82. The number of likely N-dealkylation sites (N-methyl/N-ethyl adjacent to an activating group) is 1. The number of nitrogens with one attached hydrogen (secondary N) is 3. The van der Waals surface area contributed by atoms with Gasteiger partial charge in [0.2, 0.25) is 17.7 Å². The minimum Gasteiger partial charge on any atom is -0.491 e. The van der Waals surface area contributed by atoms with E-state index in [0.717, 1.165) is 12.8 Å². The highest BCUT2D eigenvalue weighted by Crippen LogP contribution is 2.27. The van der Waals surface area contributed by atoms with E-state index in [2.05, 4.69) is 29.8 Å². The highest BCUT2D eigenvalue weighted by atomic mass is 16.5. The second kappa shape index (κ2) is 12.9. The minimum atomic E-state index is -1.08. The fraction of sp³-hybridized carbons (Fsp3) is 0.643. The summed E-state index contributed by atoms with van der Waals surface area (Å²) in [5.74, 6) is -0.283. The Labute approximate surface area is 220 Å². The summed E-state index contributed by atoms with van der Waals surface area (Å²) in [7, 11) is 1.73. The molecule has 1 aliphatic heterocycles. The molecule has 37 heavy (non-hydrogen) atoms. The first-order valence-corrected chi connectivity index (χ1v) is 13.4. The number of nitrogens with zero attached hydrogens (tertiary/aromatic N) is 1. The first kappa shape index (κ1) is 28.5. The molecule has 0 saturated heterocycles. The lowest BCUT2D eigenvalue weighted by molar-refractivity contribution is -0.138. The molecule has 1 fully saturated rings. The number of carbonyl (C=O) groups is 4. The fourth-order valence-corrected chi connectivity index (χ4v) is 4.54. The van der Waals surface area contributed by atoms with Crippen molar-refractivity contribution in [3.63, 3.8) is 0 Å². The van der Waals surface area contributed by atoms with Crippen LogP contribution in [0, 0.1) is 17.8 Å². The number of hydrogen-bond acceptors (Lipinski definition) is 5. The molecule has 2 aliphatic rings. The molecule has 3 N–H and O–H groups in total. The number of ether oxygens (including phenoxy) is 1. The molecule has 204 valence electrons. The zero-order valence-electron chi connectivity index (χ0n) is 22.7. The Kier molecular flexibility index (Phi) is 9.94. The summed E-state index contributed by atoms with van der Waals surface area (Å²) in [5, 5.41) is 8.44. The van der Waals surface area contributed by atoms with Crippen LogP contribution in [0.4, 0.5) is 0 Å². The molecule has 0 radical (unpaired) electrons. The first-order valence-electron chi connectivity index (χ1n) is 13.4. The van der Waals surface area contributed by atoms with Crippen LogP contribution in [0.5, 0.6) is 5.75 Å². The van der Waals surface area contributed by atoms with Crippen LogP contribution in [-0.2, 0) is 14.4 Å². The van der Waals surface area contributed by atoms with Gasteiger partial charge in [0.1, 0.15) is 24.4 Å². The van der Waals surface area contributed by atoms with E-state index in [1.807, 2.05) is 13.8 Å². The quantitative estimate of drug-likeness (QED) is 0.517. The van der Waals surface area contributed by atoms with E-state index in [1.165, 1.54) is 0 Å². The Morgan fingerprint density at radius 3 is 2.38 bits per heavy atom. The Morgan fingerprint density at radius 2 is 1.73 bits per heavy atom. The summed E-state index contributed by atoms with van der Waals surface area (Å²) in [6, 6.07) is 4.74. The number of para-hydroxylation sites is 1. The molecule has 0 bridgehead atoms. The molecular weight excluding hydrogens is 472 g/mol. The van der Waals surface area contributed by atoms with Crippen molar-refractivity contribution < 1.29 is 23.9 Å². The second-order valence-corrected chi connectivity index (χ2v) is 11.2. The van der Waals surface area contributed by atoms with Gasteiger partial charge in [0.05, 0.1) is 18.0 Å². The molecule has 9 heteroatoms. The highest BCUT2D eigenvalue weighted by Gasteiger charge is 2.33. The number of fused-ring (bicyclic) bond motifs is 1. The van der Waals surface area contributed by atoms with Crippen molar-refractivity contribution in [3.8, 4) is 5.75 Å². The number of rotatable bonds is 7. The summed E-state index contributed by atoms with van der Waals surface area (Å²) in [6.07, 6.45) is 3.01. The Hall–Kier alpha value is -3.10. The Bertz CT molecular complexity index is 975.